The second kappa shape index (κ2) is 6.10. The molecule has 3 rings (SSSR count). The Bertz CT molecular complexity index is 591. The van der Waals surface area contributed by atoms with E-state index in [1.807, 2.05) is 43.3 Å². The van der Waals surface area contributed by atoms with Gasteiger partial charge in [0.1, 0.15) is 5.82 Å². The molecule has 0 aliphatic carbocycles. The van der Waals surface area contributed by atoms with Crippen LogP contribution in [0.1, 0.15) is 5.69 Å². The number of benzene rings is 1. The molecule has 1 aliphatic rings. The molecule has 21 heavy (non-hydrogen) atoms. The number of hydrogen-bond donors (Lipinski definition) is 1. The summed E-state index contributed by atoms with van der Waals surface area (Å²) in [4.78, 5) is 13.8. The molecule has 0 amide bonds. The summed E-state index contributed by atoms with van der Waals surface area (Å²) < 4.78 is 0. The van der Waals surface area contributed by atoms with Crippen molar-refractivity contribution in [3.05, 3.63) is 42.1 Å². The summed E-state index contributed by atoms with van der Waals surface area (Å²) in [6.45, 7) is 6.07. The molecule has 0 bridgehead atoms. The van der Waals surface area contributed by atoms with Gasteiger partial charge in [0.15, 0.2) is 0 Å². The SMILES string of the molecule is Cc1cc(Nc2ccccc2)nc(N2CCN(C)CC2)n1. The Balaban J connectivity index is 1.79. The van der Waals surface area contributed by atoms with Crippen LogP contribution in [0.15, 0.2) is 36.4 Å². The van der Waals surface area contributed by atoms with Gasteiger partial charge in [-0.25, -0.2) is 4.98 Å². The Labute approximate surface area is 125 Å². The molecule has 1 aromatic carbocycles. The van der Waals surface area contributed by atoms with Gasteiger partial charge in [-0.3, -0.25) is 0 Å². The largest absolute Gasteiger partial charge is 0.340 e. The molecule has 110 valence electrons. The summed E-state index contributed by atoms with van der Waals surface area (Å²) in [6, 6.07) is 12.1. The van der Waals surface area contributed by atoms with Crippen LogP contribution >= 0.6 is 0 Å². The number of rotatable bonds is 3. The van der Waals surface area contributed by atoms with Gasteiger partial charge in [-0.2, -0.15) is 4.98 Å². The van der Waals surface area contributed by atoms with E-state index in [0.29, 0.717) is 0 Å². The van der Waals surface area contributed by atoms with E-state index in [-0.39, 0.29) is 0 Å². The highest BCUT2D eigenvalue weighted by Crippen LogP contribution is 2.19. The van der Waals surface area contributed by atoms with Crippen molar-refractivity contribution in [1.29, 1.82) is 0 Å². The molecule has 1 N–H and O–H groups in total. The van der Waals surface area contributed by atoms with Crippen LogP contribution in [-0.4, -0.2) is 48.1 Å². The molecular weight excluding hydrogens is 262 g/mol. The monoisotopic (exact) mass is 283 g/mol. The highest BCUT2D eigenvalue weighted by atomic mass is 15.3. The molecule has 1 fully saturated rings. The first-order valence-corrected chi connectivity index (χ1v) is 7.32. The molecule has 0 saturated carbocycles. The summed E-state index contributed by atoms with van der Waals surface area (Å²) in [7, 11) is 2.15. The number of anilines is 3. The number of hydrogen-bond acceptors (Lipinski definition) is 5. The van der Waals surface area contributed by atoms with E-state index in [1.165, 1.54) is 0 Å². The maximum absolute atomic E-state index is 4.66. The lowest BCUT2D eigenvalue weighted by atomic mass is 10.3. The van der Waals surface area contributed by atoms with Gasteiger partial charge in [0.2, 0.25) is 5.95 Å². The van der Waals surface area contributed by atoms with Crippen LogP contribution in [0, 0.1) is 6.92 Å². The maximum atomic E-state index is 4.66. The van der Waals surface area contributed by atoms with Crippen molar-refractivity contribution in [3.8, 4) is 0 Å². The van der Waals surface area contributed by atoms with E-state index in [4.69, 9.17) is 0 Å². The Morgan fingerprint density at radius 2 is 1.71 bits per heavy atom. The van der Waals surface area contributed by atoms with E-state index in [9.17, 15) is 0 Å². The quantitative estimate of drug-likeness (QED) is 0.936. The molecule has 5 nitrogen and oxygen atoms in total. The van der Waals surface area contributed by atoms with Crippen molar-refractivity contribution in [1.82, 2.24) is 14.9 Å². The Hall–Kier alpha value is -2.14. The number of nitrogens with zero attached hydrogens (tertiary/aromatic N) is 4. The van der Waals surface area contributed by atoms with Crippen LogP contribution in [0.25, 0.3) is 0 Å². The van der Waals surface area contributed by atoms with E-state index in [2.05, 4.69) is 32.1 Å². The molecular formula is C16H21N5. The zero-order chi connectivity index (χ0) is 14.7. The van der Waals surface area contributed by atoms with E-state index >= 15 is 0 Å². The van der Waals surface area contributed by atoms with Gasteiger partial charge >= 0.3 is 0 Å². The fraction of sp³-hybridized carbons (Fsp3) is 0.375. The molecule has 2 aromatic rings. The minimum Gasteiger partial charge on any atom is -0.340 e. The fourth-order valence-electron chi connectivity index (χ4n) is 2.43. The molecule has 1 aromatic heterocycles. The third-order valence-electron chi connectivity index (χ3n) is 3.67. The third kappa shape index (κ3) is 3.49. The first-order chi connectivity index (χ1) is 10.2. The van der Waals surface area contributed by atoms with Gasteiger partial charge < -0.3 is 15.1 Å². The zero-order valence-electron chi connectivity index (χ0n) is 12.6. The third-order valence-corrected chi connectivity index (χ3v) is 3.67. The number of likely N-dealkylation sites (N-methyl/N-ethyl adjacent to an activating group) is 1. The summed E-state index contributed by atoms with van der Waals surface area (Å²) in [5.74, 6) is 1.67. The molecule has 5 heteroatoms. The van der Waals surface area contributed by atoms with Crippen LogP contribution in [0.4, 0.5) is 17.5 Å². The Kier molecular flexibility index (Phi) is 4.01. The molecule has 1 aliphatic heterocycles. The van der Waals surface area contributed by atoms with E-state index in [1.54, 1.807) is 0 Å². The molecule has 0 radical (unpaired) electrons. The lowest BCUT2D eigenvalue weighted by molar-refractivity contribution is 0.311. The average molecular weight is 283 g/mol. The van der Waals surface area contributed by atoms with Crippen molar-refractivity contribution in [3.63, 3.8) is 0 Å². The molecule has 0 atom stereocenters. The average Bonchev–Trinajstić information content (AvgIpc) is 2.48. The second-order valence-corrected chi connectivity index (χ2v) is 5.48. The minimum absolute atomic E-state index is 0.821. The number of para-hydroxylation sites is 1. The topological polar surface area (TPSA) is 44.3 Å². The van der Waals surface area contributed by atoms with Crippen LogP contribution in [0.5, 0.6) is 0 Å². The number of nitrogens with one attached hydrogen (secondary N) is 1. The first kappa shape index (κ1) is 13.8. The second-order valence-electron chi connectivity index (χ2n) is 5.48. The summed E-state index contributed by atoms with van der Waals surface area (Å²) in [6.07, 6.45) is 0. The maximum Gasteiger partial charge on any atom is 0.227 e. The van der Waals surface area contributed by atoms with Crippen LogP contribution in [-0.2, 0) is 0 Å². The van der Waals surface area contributed by atoms with Gasteiger partial charge in [-0.15, -0.1) is 0 Å². The van der Waals surface area contributed by atoms with Crippen molar-refractivity contribution < 1.29 is 0 Å². The summed E-state index contributed by atoms with van der Waals surface area (Å²) >= 11 is 0. The van der Waals surface area contributed by atoms with Gasteiger partial charge in [0.25, 0.3) is 0 Å². The Morgan fingerprint density at radius 3 is 2.43 bits per heavy atom. The zero-order valence-corrected chi connectivity index (χ0v) is 12.6. The highest BCUT2D eigenvalue weighted by molar-refractivity contribution is 5.57. The highest BCUT2D eigenvalue weighted by Gasteiger charge is 2.17. The molecule has 2 heterocycles. The van der Waals surface area contributed by atoms with Crippen molar-refractivity contribution >= 4 is 17.5 Å². The van der Waals surface area contributed by atoms with Crippen LogP contribution in [0.2, 0.25) is 0 Å². The van der Waals surface area contributed by atoms with Crippen LogP contribution < -0.4 is 10.2 Å². The summed E-state index contributed by atoms with van der Waals surface area (Å²) in [5.41, 5.74) is 2.03. The number of aromatic nitrogens is 2. The fourth-order valence-corrected chi connectivity index (χ4v) is 2.43. The molecule has 0 unspecified atom stereocenters. The lowest BCUT2D eigenvalue weighted by Crippen LogP contribution is -2.45. The molecule has 0 spiro atoms. The van der Waals surface area contributed by atoms with Crippen molar-refractivity contribution in [2.45, 2.75) is 6.92 Å². The standard InChI is InChI=1S/C16H21N5/c1-13-12-15(18-14-6-4-3-5-7-14)19-16(17-13)21-10-8-20(2)9-11-21/h3-7,12H,8-11H2,1-2H3,(H,17,18,19). The molecule has 1 saturated heterocycles. The van der Waals surface area contributed by atoms with Gasteiger partial charge in [0.05, 0.1) is 0 Å². The first-order valence-electron chi connectivity index (χ1n) is 7.32. The number of aryl methyl sites for hydroxylation is 1. The normalized spacial score (nSPS) is 16.0. The lowest BCUT2D eigenvalue weighted by Gasteiger charge is -2.32. The van der Waals surface area contributed by atoms with Gasteiger partial charge in [-0.05, 0) is 26.1 Å². The van der Waals surface area contributed by atoms with Crippen molar-refractivity contribution in [2.24, 2.45) is 0 Å². The number of piperazine rings is 1. The Morgan fingerprint density at radius 1 is 1.00 bits per heavy atom. The predicted octanol–water partition coefficient (Wildman–Crippen LogP) is 2.28. The smallest absolute Gasteiger partial charge is 0.227 e. The van der Waals surface area contributed by atoms with E-state index < -0.39 is 0 Å². The predicted molar refractivity (Wildman–Crippen MR) is 86.2 cm³/mol. The van der Waals surface area contributed by atoms with Gasteiger partial charge in [0, 0.05) is 43.6 Å². The minimum atomic E-state index is 0.821. The van der Waals surface area contributed by atoms with E-state index in [0.717, 1.165) is 49.3 Å². The van der Waals surface area contributed by atoms with Gasteiger partial charge in [-0.1, -0.05) is 18.2 Å². The van der Waals surface area contributed by atoms with Crippen molar-refractivity contribution in [2.75, 3.05) is 43.4 Å². The van der Waals surface area contributed by atoms with Crippen LogP contribution in [0.3, 0.4) is 0 Å². The summed E-state index contributed by atoms with van der Waals surface area (Å²) in [5, 5.41) is 3.34.